The van der Waals surface area contributed by atoms with E-state index in [1.54, 1.807) is 0 Å². The largest absolute Gasteiger partial charge is 0.370 e. The van der Waals surface area contributed by atoms with Gasteiger partial charge in [-0.05, 0) is 55.7 Å². The molecule has 0 atom stereocenters. The van der Waals surface area contributed by atoms with Crippen LogP contribution in [0.4, 0.5) is 5.69 Å². The van der Waals surface area contributed by atoms with E-state index < -0.39 is 0 Å². The molecule has 0 N–H and O–H groups in total. The molecule has 0 spiro atoms. The number of aryl methyl sites for hydroxylation is 2. The lowest BCUT2D eigenvalue weighted by Gasteiger charge is -2.24. The van der Waals surface area contributed by atoms with Crippen LogP contribution < -0.4 is 4.90 Å². The van der Waals surface area contributed by atoms with Crippen molar-refractivity contribution in [1.29, 1.82) is 5.26 Å². The van der Waals surface area contributed by atoms with Crippen molar-refractivity contribution in [1.82, 2.24) is 4.90 Å². The normalized spacial score (nSPS) is 15.8. The van der Waals surface area contributed by atoms with E-state index in [-0.39, 0.29) is 0 Å². The van der Waals surface area contributed by atoms with Gasteiger partial charge in [-0.2, -0.15) is 5.26 Å². The van der Waals surface area contributed by atoms with Crippen LogP contribution in [0.25, 0.3) is 0 Å². The average molecular weight is 319 g/mol. The third-order valence-corrected chi connectivity index (χ3v) is 4.85. The van der Waals surface area contributed by atoms with E-state index in [0.29, 0.717) is 0 Å². The van der Waals surface area contributed by atoms with Crippen LogP contribution >= 0.6 is 0 Å². The first-order valence-electron chi connectivity index (χ1n) is 8.69. The summed E-state index contributed by atoms with van der Waals surface area (Å²) in [6, 6.07) is 16.9. The Hall–Kier alpha value is -2.31. The highest BCUT2D eigenvalue weighted by atomic mass is 15.2. The maximum Gasteiger partial charge on any atom is 0.0991 e. The minimum Gasteiger partial charge on any atom is -0.370 e. The molecule has 3 heteroatoms. The lowest BCUT2D eigenvalue weighted by Crippen LogP contribution is -2.30. The molecule has 0 radical (unpaired) electrons. The van der Waals surface area contributed by atoms with Crippen LogP contribution in [0.15, 0.2) is 42.5 Å². The second-order valence-corrected chi connectivity index (χ2v) is 6.71. The van der Waals surface area contributed by atoms with Crippen LogP contribution in [0.2, 0.25) is 0 Å². The van der Waals surface area contributed by atoms with E-state index in [1.807, 2.05) is 12.1 Å². The van der Waals surface area contributed by atoms with Crippen LogP contribution in [-0.4, -0.2) is 31.1 Å². The molecule has 3 rings (SSSR count). The fourth-order valence-electron chi connectivity index (χ4n) is 3.35. The van der Waals surface area contributed by atoms with Crippen LogP contribution in [0.1, 0.15) is 28.7 Å². The van der Waals surface area contributed by atoms with Gasteiger partial charge in [-0.25, -0.2) is 0 Å². The van der Waals surface area contributed by atoms with Crippen LogP contribution in [0, 0.1) is 25.2 Å². The smallest absolute Gasteiger partial charge is 0.0991 e. The molecule has 124 valence electrons. The zero-order chi connectivity index (χ0) is 16.9. The highest BCUT2D eigenvalue weighted by molar-refractivity contribution is 5.49. The molecule has 1 aliphatic heterocycles. The summed E-state index contributed by atoms with van der Waals surface area (Å²) in [5.41, 5.74) is 6.12. The molecule has 0 unspecified atom stereocenters. The van der Waals surface area contributed by atoms with Gasteiger partial charge in [-0.1, -0.05) is 23.8 Å². The van der Waals surface area contributed by atoms with Crippen molar-refractivity contribution in [2.24, 2.45) is 0 Å². The van der Waals surface area contributed by atoms with Crippen molar-refractivity contribution >= 4 is 5.69 Å². The Bertz CT molecular complexity index is 728. The fourth-order valence-corrected chi connectivity index (χ4v) is 3.35. The molecular formula is C21H25N3. The Morgan fingerprint density at radius 1 is 0.958 bits per heavy atom. The molecule has 3 nitrogen and oxygen atoms in total. The minimum absolute atomic E-state index is 0.727. The van der Waals surface area contributed by atoms with Gasteiger partial charge in [0, 0.05) is 38.4 Å². The van der Waals surface area contributed by atoms with E-state index in [2.05, 4.69) is 60.0 Å². The van der Waals surface area contributed by atoms with Gasteiger partial charge in [-0.15, -0.1) is 0 Å². The molecular weight excluding hydrogens is 294 g/mol. The summed E-state index contributed by atoms with van der Waals surface area (Å²) >= 11 is 0. The maximum atomic E-state index is 8.93. The molecule has 0 amide bonds. The first-order chi connectivity index (χ1) is 11.7. The van der Waals surface area contributed by atoms with E-state index in [1.165, 1.54) is 28.8 Å². The van der Waals surface area contributed by atoms with E-state index in [9.17, 15) is 0 Å². The quantitative estimate of drug-likeness (QED) is 0.860. The molecule has 24 heavy (non-hydrogen) atoms. The summed E-state index contributed by atoms with van der Waals surface area (Å²) in [5, 5.41) is 8.93. The molecule has 1 aliphatic rings. The lowest BCUT2D eigenvalue weighted by molar-refractivity contribution is 0.285. The molecule has 2 aromatic carbocycles. The highest BCUT2D eigenvalue weighted by Crippen LogP contribution is 2.19. The van der Waals surface area contributed by atoms with Crippen molar-refractivity contribution in [2.45, 2.75) is 26.8 Å². The molecule has 1 heterocycles. The minimum atomic E-state index is 0.727. The molecule has 2 aromatic rings. The van der Waals surface area contributed by atoms with E-state index in [0.717, 1.165) is 38.3 Å². The van der Waals surface area contributed by atoms with E-state index in [4.69, 9.17) is 5.26 Å². The van der Waals surface area contributed by atoms with Crippen LogP contribution in [0.3, 0.4) is 0 Å². The van der Waals surface area contributed by atoms with Gasteiger partial charge in [0.1, 0.15) is 0 Å². The van der Waals surface area contributed by atoms with Crippen molar-refractivity contribution in [3.8, 4) is 6.07 Å². The zero-order valence-corrected chi connectivity index (χ0v) is 14.6. The van der Waals surface area contributed by atoms with Crippen molar-refractivity contribution in [3.05, 3.63) is 64.7 Å². The van der Waals surface area contributed by atoms with Crippen molar-refractivity contribution in [2.75, 3.05) is 31.1 Å². The summed E-state index contributed by atoms with van der Waals surface area (Å²) < 4.78 is 0. The Kier molecular flexibility index (Phi) is 5.17. The van der Waals surface area contributed by atoms with Crippen LogP contribution in [-0.2, 0) is 6.54 Å². The number of nitriles is 1. The van der Waals surface area contributed by atoms with E-state index >= 15 is 0 Å². The molecule has 1 saturated heterocycles. The van der Waals surface area contributed by atoms with Gasteiger partial charge in [0.15, 0.2) is 0 Å². The summed E-state index contributed by atoms with van der Waals surface area (Å²) in [6.07, 6.45) is 1.17. The second kappa shape index (κ2) is 7.51. The van der Waals surface area contributed by atoms with Crippen molar-refractivity contribution in [3.63, 3.8) is 0 Å². The SMILES string of the molecule is Cc1ccc(C)c(CN2CCCN(c3ccc(C#N)cc3)CC2)c1. The Morgan fingerprint density at radius 3 is 2.50 bits per heavy atom. The summed E-state index contributed by atoms with van der Waals surface area (Å²) in [4.78, 5) is 5.00. The number of rotatable bonds is 3. The summed E-state index contributed by atoms with van der Waals surface area (Å²) in [7, 11) is 0. The van der Waals surface area contributed by atoms with Gasteiger partial charge in [0.2, 0.25) is 0 Å². The van der Waals surface area contributed by atoms with Gasteiger partial charge in [0.25, 0.3) is 0 Å². The zero-order valence-electron chi connectivity index (χ0n) is 14.6. The number of benzene rings is 2. The van der Waals surface area contributed by atoms with Gasteiger partial charge in [-0.3, -0.25) is 4.90 Å². The topological polar surface area (TPSA) is 30.3 Å². The number of hydrogen-bond acceptors (Lipinski definition) is 3. The standard InChI is InChI=1S/C21H25N3/c1-17-4-5-18(2)20(14-17)16-23-10-3-11-24(13-12-23)21-8-6-19(15-22)7-9-21/h4-9,14H,3,10-13,16H2,1-2H3. The fraction of sp³-hybridized carbons (Fsp3) is 0.381. The molecule has 1 fully saturated rings. The highest BCUT2D eigenvalue weighted by Gasteiger charge is 2.16. The number of hydrogen-bond donors (Lipinski definition) is 0. The van der Waals surface area contributed by atoms with Gasteiger partial charge >= 0.3 is 0 Å². The molecule has 0 aliphatic carbocycles. The molecule has 0 bridgehead atoms. The maximum absolute atomic E-state index is 8.93. The second-order valence-electron chi connectivity index (χ2n) is 6.71. The summed E-state index contributed by atoms with van der Waals surface area (Å²) in [6.45, 7) is 9.74. The molecule has 0 aromatic heterocycles. The predicted molar refractivity (Wildman–Crippen MR) is 99.2 cm³/mol. The predicted octanol–water partition coefficient (Wildman–Crippen LogP) is 3.89. The average Bonchev–Trinajstić information content (AvgIpc) is 2.84. The number of anilines is 1. The van der Waals surface area contributed by atoms with Crippen molar-refractivity contribution < 1.29 is 0 Å². The number of nitrogens with zero attached hydrogens (tertiary/aromatic N) is 3. The van der Waals surface area contributed by atoms with Gasteiger partial charge < -0.3 is 4.90 Å². The first kappa shape index (κ1) is 16.5. The molecule has 0 saturated carbocycles. The summed E-state index contributed by atoms with van der Waals surface area (Å²) in [5.74, 6) is 0. The Labute approximate surface area is 145 Å². The Morgan fingerprint density at radius 2 is 1.75 bits per heavy atom. The third kappa shape index (κ3) is 3.96. The first-order valence-corrected chi connectivity index (χ1v) is 8.69. The Balaban J connectivity index is 1.64. The monoisotopic (exact) mass is 319 g/mol. The van der Waals surface area contributed by atoms with Crippen LogP contribution in [0.5, 0.6) is 0 Å². The van der Waals surface area contributed by atoms with Gasteiger partial charge in [0.05, 0.1) is 11.6 Å². The third-order valence-electron chi connectivity index (χ3n) is 4.85. The lowest BCUT2D eigenvalue weighted by atomic mass is 10.1.